The summed E-state index contributed by atoms with van der Waals surface area (Å²) in [4.78, 5) is 22.4. The lowest BCUT2D eigenvalue weighted by molar-refractivity contribution is -0.124. The number of ether oxygens (including phenoxy) is 1. The molecule has 0 saturated heterocycles. The highest BCUT2D eigenvalue weighted by molar-refractivity contribution is 6.16. The summed E-state index contributed by atoms with van der Waals surface area (Å²) in [6.07, 6.45) is 3.26. The van der Waals surface area contributed by atoms with Gasteiger partial charge in [0, 0.05) is 11.6 Å². The molecule has 0 spiro atoms. The van der Waals surface area contributed by atoms with Gasteiger partial charge in [0.25, 0.3) is 11.8 Å². The molecule has 2 rings (SSSR count). The largest absolute Gasteiger partial charge is 0.372 e. The number of hydrogen-bond donors (Lipinski definition) is 1. The average Bonchev–Trinajstić information content (AvgIpc) is 2.77. The first kappa shape index (κ1) is 14.5. The third-order valence-electron chi connectivity index (χ3n) is 3.41. The minimum absolute atomic E-state index is 0.163. The van der Waals surface area contributed by atoms with Crippen LogP contribution >= 0.6 is 0 Å². The van der Waals surface area contributed by atoms with Crippen LogP contribution in [0.4, 0.5) is 0 Å². The van der Waals surface area contributed by atoms with Crippen LogP contribution in [0.1, 0.15) is 30.5 Å². The number of carbonyl (C=O) groups excluding carboxylic acids is 2. The maximum atomic E-state index is 11.4. The number of hydrogen-bond acceptors (Lipinski definition) is 3. The molecular formula is C16H19NO3. The van der Waals surface area contributed by atoms with Crippen LogP contribution in [-0.2, 0) is 33.8 Å². The van der Waals surface area contributed by atoms with Crippen LogP contribution in [0.5, 0.6) is 0 Å². The predicted molar refractivity (Wildman–Crippen MR) is 76.1 cm³/mol. The van der Waals surface area contributed by atoms with Gasteiger partial charge in [-0.1, -0.05) is 32.0 Å². The van der Waals surface area contributed by atoms with Gasteiger partial charge in [0.1, 0.15) is 0 Å². The minimum atomic E-state index is -0.366. The summed E-state index contributed by atoms with van der Waals surface area (Å²) in [5.41, 5.74) is 4.10. The maximum Gasteiger partial charge on any atom is 0.256 e. The number of nitrogens with one attached hydrogen (secondary N) is 1. The fourth-order valence-corrected chi connectivity index (χ4v) is 2.20. The van der Waals surface area contributed by atoms with Crippen molar-refractivity contribution in [2.75, 3.05) is 6.61 Å². The van der Waals surface area contributed by atoms with E-state index in [1.807, 2.05) is 0 Å². The Morgan fingerprint density at radius 2 is 1.85 bits per heavy atom. The standard InChI is InChI=1S/C16H19NO3/c1-3-11-5-6-13(12(4-2)7-11)9-20-10-14-8-15(18)17-16(14)19/h5-8H,3-4,9-10H2,1-2H3,(H,17,18,19). The minimum Gasteiger partial charge on any atom is -0.372 e. The second-order valence-electron chi connectivity index (χ2n) is 4.79. The number of aryl methyl sites for hydroxylation is 2. The number of amides is 2. The molecule has 1 aliphatic heterocycles. The lowest BCUT2D eigenvalue weighted by Crippen LogP contribution is -2.23. The van der Waals surface area contributed by atoms with E-state index in [-0.39, 0.29) is 18.4 Å². The van der Waals surface area contributed by atoms with Gasteiger partial charge in [-0.3, -0.25) is 14.9 Å². The Morgan fingerprint density at radius 3 is 2.45 bits per heavy atom. The van der Waals surface area contributed by atoms with Gasteiger partial charge in [0.05, 0.1) is 13.2 Å². The first-order chi connectivity index (χ1) is 9.63. The zero-order valence-corrected chi connectivity index (χ0v) is 11.9. The molecule has 0 aromatic heterocycles. The molecule has 0 radical (unpaired) electrons. The maximum absolute atomic E-state index is 11.4. The van der Waals surface area contributed by atoms with Crippen molar-refractivity contribution in [2.24, 2.45) is 0 Å². The molecule has 0 fully saturated rings. The van der Waals surface area contributed by atoms with E-state index in [0.717, 1.165) is 18.4 Å². The molecule has 4 nitrogen and oxygen atoms in total. The highest BCUT2D eigenvalue weighted by atomic mass is 16.5. The van der Waals surface area contributed by atoms with Crippen molar-refractivity contribution >= 4 is 11.8 Å². The molecule has 0 saturated carbocycles. The average molecular weight is 273 g/mol. The summed E-state index contributed by atoms with van der Waals surface area (Å²) in [5.74, 6) is -0.720. The van der Waals surface area contributed by atoms with Crippen LogP contribution in [0, 0.1) is 0 Å². The van der Waals surface area contributed by atoms with Crippen LogP contribution in [0.25, 0.3) is 0 Å². The first-order valence-corrected chi connectivity index (χ1v) is 6.88. The van der Waals surface area contributed by atoms with E-state index in [1.54, 1.807) is 0 Å². The molecule has 20 heavy (non-hydrogen) atoms. The Labute approximate surface area is 118 Å². The summed E-state index contributed by atoms with van der Waals surface area (Å²) in [7, 11) is 0. The van der Waals surface area contributed by atoms with Crippen LogP contribution in [-0.4, -0.2) is 18.4 Å². The smallest absolute Gasteiger partial charge is 0.256 e. The topological polar surface area (TPSA) is 55.4 Å². The van der Waals surface area contributed by atoms with E-state index in [9.17, 15) is 9.59 Å². The van der Waals surface area contributed by atoms with Gasteiger partial charge in [0.15, 0.2) is 0 Å². The highest BCUT2D eigenvalue weighted by Crippen LogP contribution is 2.15. The fraction of sp³-hybridized carbons (Fsp3) is 0.375. The van der Waals surface area contributed by atoms with Gasteiger partial charge >= 0.3 is 0 Å². The van der Waals surface area contributed by atoms with Gasteiger partial charge in [-0.25, -0.2) is 0 Å². The second kappa shape index (κ2) is 6.48. The van der Waals surface area contributed by atoms with Crippen LogP contribution in [0.2, 0.25) is 0 Å². The summed E-state index contributed by atoms with van der Waals surface area (Å²) in [6.45, 7) is 4.86. The van der Waals surface area contributed by atoms with E-state index in [0.29, 0.717) is 12.2 Å². The molecule has 4 heteroatoms. The fourth-order valence-electron chi connectivity index (χ4n) is 2.20. The van der Waals surface area contributed by atoms with Crippen molar-refractivity contribution in [1.82, 2.24) is 5.32 Å². The molecule has 1 aromatic rings. The second-order valence-corrected chi connectivity index (χ2v) is 4.79. The predicted octanol–water partition coefficient (Wildman–Crippen LogP) is 1.91. The molecule has 1 N–H and O–H groups in total. The Balaban J connectivity index is 1.96. The van der Waals surface area contributed by atoms with Crippen molar-refractivity contribution in [3.8, 4) is 0 Å². The van der Waals surface area contributed by atoms with Crippen LogP contribution in [0.3, 0.4) is 0 Å². The van der Waals surface area contributed by atoms with Crippen LogP contribution in [0.15, 0.2) is 29.8 Å². The summed E-state index contributed by atoms with van der Waals surface area (Å²) >= 11 is 0. The van der Waals surface area contributed by atoms with Crippen molar-refractivity contribution in [3.63, 3.8) is 0 Å². The van der Waals surface area contributed by atoms with E-state index >= 15 is 0 Å². The van der Waals surface area contributed by atoms with Crippen molar-refractivity contribution < 1.29 is 14.3 Å². The first-order valence-electron chi connectivity index (χ1n) is 6.88. The van der Waals surface area contributed by atoms with E-state index in [1.165, 1.54) is 17.2 Å². The molecule has 1 heterocycles. The van der Waals surface area contributed by atoms with Gasteiger partial charge in [0.2, 0.25) is 0 Å². The van der Waals surface area contributed by atoms with Crippen molar-refractivity contribution in [3.05, 3.63) is 46.5 Å². The molecule has 2 amide bonds. The van der Waals surface area contributed by atoms with Crippen LogP contribution < -0.4 is 5.32 Å². The normalized spacial score (nSPS) is 14.4. The summed E-state index contributed by atoms with van der Waals surface area (Å²) in [5, 5.41) is 2.20. The highest BCUT2D eigenvalue weighted by Gasteiger charge is 2.20. The molecule has 1 aromatic carbocycles. The van der Waals surface area contributed by atoms with Gasteiger partial charge in [-0.2, -0.15) is 0 Å². The quantitative estimate of drug-likeness (QED) is 0.806. The van der Waals surface area contributed by atoms with Crippen molar-refractivity contribution in [2.45, 2.75) is 33.3 Å². The van der Waals surface area contributed by atoms with E-state index < -0.39 is 0 Å². The monoisotopic (exact) mass is 273 g/mol. The Bertz CT molecular complexity index is 561. The molecular weight excluding hydrogens is 254 g/mol. The van der Waals surface area contributed by atoms with Crippen molar-refractivity contribution in [1.29, 1.82) is 0 Å². The Morgan fingerprint density at radius 1 is 1.05 bits per heavy atom. The zero-order chi connectivity index (χ0) is 14.5. The Kier molecular flexibility index (Phi) is 4.69. The lowest BCUT2D eigenvalue weighted by Gasteiger charge is -2.10. The van der Waals surface area contributed by atoms with E-state index in [4.69, 9.17) is 4.74 Å². The number of imide groups is 1. The SMILES string of the molecule is CCc1ccc(COCC2=CC(=O)NC2=O)c(CC)c1. The van der Waals surface area contributed by atoms with E-state index in [2.05, 4.69) is 37.4 Å². The molecule has 0 aliphatic carbocycles. The Hall–Kier alpha value is -1.94. The molecule has 0 atom stereocenters. The zero-order valence-electron chi connectivity index (χ0n) is 11.9. The number of rotatable bonds is 6. The molecule has 0 bridgehead atoms. The molecule has 1 aliphatic rings. The summed E-state index contributed by atoms with van der Waals surface area (Å²) in [6, 6.07) is 6.37. The number of benzene rings is 1. The molecule has 106 valence electrons. The van der Waals surface area contributed by atoms with Gasteiger partial charge in [-0.15, -0.1) is 0 Å². The third-order valence-corrected chi connectivity index (χ3v) is 3.41. The summed E-state index contributed by atoms with van der Waals surface area (Å²) < 4.78 is 5.56. The molecule has 0 unspecified atom stereocenters. The third kappa shape index (κ3) is 3.33. The van der Waals surface area contributed by atoms with Gasteiger partial charge in [-0.05, 0) is 29.5 Å². The number of carbonyl (C=O) groups is 2. The van der Waals surface area contributed by atoms with Gasteiger partial charge < -0.3 is 4.74 Å². The lowest BCUT2D eigenvalue weighted by atomic mass is 10.0.